The number of fused-ring (bicyclic) bond motifs is 1. The van der Waals surface area contributed by atoms with Crippen LogP contribution >= 0.6 is 0 Å². The standard InChI is InChI=1S/C16H18N2O2/c1-11-6-8-12(9-7-11)17-10-18-15(19)13-4-2-3-5-14(13)16(18)20/h2-3,6-9,13-14,17H,4-5,10H2,1H3/t13-,14-/m1/s1. The van der Waals surface area contributed by atoms with Gasteiger partial charge in [-0.1, -0.05) is 29.8 Å². The third-order valence-electron chi connectivity index (χ3n) is 4.09. The van der Waals surface area contributed by atoms with Gasteiger partial charge in [-0.3, -0.25) is 14.5 Å². The lowest BCUT2D eigenvalue weighted by atomic mass is 9.85. The Balaban J connectivity index is 1.67. The molecular formula is C16H18N2O2. The number of rotatable bonds is 3. The van der Waals surface area contributed by atoms with Crippen LogP contribution in [0.4, 0.5) is 5.69 Å². The van der Waals surface area contributed by atoms with Crippen molar-refractivity contribution < 1.29 is 9.59 Å². The molecule has 1 saturated heterocycles. The van der Waals surface area contributed by atoms with Crippen LogP contribution in [0.1, 0.15) is 18.4 Å². The Morgan fingerprint density at radius 1 is 1.05 bits per heavy atom. The van der Waals surface area contributed by atoms with E-state index in [4.69, 9.17) is 0 Å². The lowest BCUT2D eigenvalue weighted by Gasteiger charge is -2.16. The number of hydrogen-bond acceptors (Lipinski definition) is 3. The zero-order valence-electron chi connectivity index (χ0n) is 11.5. The van der Waals surface area contributed by atoms with Crippen molar-refractivity contribution in [3.05, 3.63) is 42.0 Å². The van der Waals surface area contributed by atoms with Crippen LogP contribution in [0.15, 0.2) is 36.4 Å². The summed E-state index contributed by atoms with van der Waals surface area (Å²) >= 11 is 0. The number of nitrogens with zero attached hydrogens (tertiary/aromatic N) is 1. The third kappa shape index (κ3) is 2.22. The molecule has 1 aromatic carbocycles. The van der Waals surface area contributed by atoms with E-state index in [9.17, 15) is 9.59 Å². The molecule has 2 aliphatic rings. The Hall–Kier alpha value is -2.10. The van der Waals surface area contributed by atoms with E-state index in [0.29, 0.717) is 12.8 Å². The van der Waals surface area contributed by atoms with Gasteiger partial charge in [-0.05, 0) is 31.9 Å². The number of carbonyl (C=O) groups excluding carboxylic acids is 2. The van der Waals surface area contributed by atoms with Gasteiger partial charge in [0.05, 0.1) is 18.5 Å². The van der Waals surface area contributed by atoms with Gasteiger partial charge in [0.15, 0.2) is 0 Å². The molecule has 2 amide bonds. The zero-order chi connectivity index (χ0) is 14.1. The Morgan fingerprint density at radius 2 is 1.60 bits per heavy atom. The van der Waals surface area contributed by atoms with Crippen LogP contribution in [0.2, 0.25) is 0 Å². The Morgan fingerprint density at radius 3 is 2.15 bits per heavy atom. The second kappa shape index (κ2) is 5.12. The van der Waals surface area contributed by atoms with Crippen molar-refractivity contribution in [2.24, 2.45) is 11.8 Å². The highest BCUT2D eigenvalue weighted by Gasteiger charge is 2.46. The lowest BCUT2D eigenvalue weighted by Crippen LogP contribution is -2.35. The topological polar surface area (TPSA) is 49.4 Å². The van der Waals surface area contributed by atoms with Crippen molar-refractivity contribution in [3.8, 4) is 0 Å². The molecule has 1 fully saturated rings. The number of imide groups is 1. The van der Waals surface area contributed by atoms with Crippen LogP contribution in [-0.2, 0) is 9.59 Å². The van der Waals surface area contributed by atoms with Crippen molar-refractivity contribution in [2.45, 2.75) is 19.8 Å². The molecule has 0 aromatic heterocycles. The molecule has 0 spiro atoms. The van der Waals surface area contributed by atoms with Crippen molar-refractivity contribution in [3.63, 3.8) is 0 Å². The first-order valence-electron chi connectivity index (χ1n) is 6.97. The summed E-state index contributed by atoms with van der Waals surface area (Å²) in [5, 5.41) is 3.15. The fraction of sp³-hybridized carbons (Fsp3) is 0.375. The van der Waals surface area contributed by atoms with Crippen LogP contribution in [0, 0.1) is 18.8 Å². The van der Waals surface area contributed by atoms with Crippen molar-refractivity contribution >= 4 is 17.5 Å². The summed E-state index contributed by atoms with van der Waals surface area (Å²) in [5.74, 6) is -0.368. The fourth-order valence-corrected chi connectivity index (χ4v) is 2.87. The quantitative estimate of drug-likeness (QED) is 0.677. The van der Waals surface area contributed by atoms with Gasteiger partial charge < -0.3 is 5.32 Å². The Kier molecular flexibility index (Phi) is 3.30. The minimum atomic E-state index is -0.146. The van der Waals surface area contributed by atoms with Crippen molar-refractivity contribution in [2.75, 3.05) is 12.0 Å². The molecule has 0 saturated carbocycles. The number of carbonyl (C=O) groups is 2. The van der Waals surface area contributed by atoms with Gasteiger partial charge >= 0.3 is 0 Å². The first kappa shape index (κ1) is 12.9. The summed E-state index contributed by atoms with van der Waals surface area (Å²) in [6.45, 7) is 2.28. The van der Waals surface area contributed by atoms with Crippen LogP contribution in [0.5, 0.6) is 0 Å². The molecule has 0 unspecified atom stereocenters. The number of likely N-dealkylation sites (tertiary alicyclic amines) is 1. The molecule has 2 atom stereocenters. The van der Waals surface area contributed by atoms with E-state index in [-0.39, 0.29) is 30.3 Å². The van der Waals surface area contributed by atoms with E-state index >= 15 is 0 Å². The van der Waals surface area contributed by atoms with E-state index in [1.807, 2.05) is 43.3 Å². The minimum Gasteiger partial charge on any atom is -0.367 e. The van der Waals surface area contributed by atoms with E-state index in [1.54, 1.807) is 0 Å². The highest BCUT2D eigenvalue weighted by molar-refractivity contribution is 6.05. The summed E-state index contributed by atoms with van der Waals surface area (Å²) < 4.78 is 0. The van der Waals surface area contributed by atoms with Gasteiger partial charge in [-0.2, -0.15) is 0 Å². The minimum absolute atomic E-state index is 0.0380. The Bertz CT molecular complexity index is 536. The average Bonchev–Trinajstić information content (AvgIpc) is 2.71. The maximum atomic E-state index is 12.3. The maximum absolute atomic E-state index is 12.3. The monoisotopic (exact) mass is 270 g/mol. The fourth-order valence-electron chi connectivity index (χ4n) is 2.87. The predicted octanol–water partition coefficient (Wildman–Crippen LogP) is 2.32. The van der Waals surface area contributed by atoms with Gasteiger partial charge in [0, 0.05) is 5.69 Å². The van der Waals surface area contributed by atoms with Crippen molar-refractivity contribution in [1.82, 2.24) is 4.90 Å². The van der Waals surface area contributed by atoms with Crippen molar-refractivity contribution in [1.29, 1.82) is 0 Å². The van der Waals surface area contributed by atoms with Gasteiger partial charge in [0.2, 0.25) is 11.8 Å². The predicted molar refractivity (Wildman–Crippen MR) is 76.9 cm³/mol. The third-order valence-corrected chi connectivity index (χ3v) is 4.09. The summed E-state index contributed by atoms with van der Waals surface area (Å²) in [6, 6.07) is 7.91. The molecule has 20 heavy (non-hydrogen) atoms. The highest BCUT2D eigenvalue weighted by atomic mass is 16.2. The molecule has 3 rings (SSSR count). The largest absolute Gasteiger partial charge is 0.367 e. The first-order valence-corrected chi connectivity index (χ1v) is 6.97. The number of amides is 2. The van der Waals surface area contributed by atoms with Gasteiger partial charge in [0.1, 0.15) is 0 Å². The summed E-state index contributed by atoms with van der Waals surface area (Å²) in [6.07, 6.45) is 5.39. The van der Waals surface area contributed by atoms with Gasteiger partial charge in [-0.15, -0.1) is 0 Å². The number of aryl methyl sites for hydroxylation is 1. The van der Waals surface area contributed by atoms with Crippen LogP contribution in [0.25, 0.3) is 0 Å². The molecule has 1 N–H and O–H groups in total. The van der Waals surface area contributed by atoms with Gasteiger partial charge in [0.25, 0.3) is 0 Å². The van der Waals surface area contributed by atoms with E-state index in [2.05, 4.69) is 5.32 Å². The molecule has 1 aromatic rings. The molecule has 4 nitrogen and oxygen atoms in total. The second-order valence-electron chi connectivity index (χ2n) is 5.46. The van der Waals surface area contributed by atoms with E-state index in [1.165, 1.54) is 10.5 Å². The van der Waals surface area contributed by atoms with Crippen LogP contribution < -0.4 is 5.32 Å². The number of hydrogen-bond donors (Lipinski definition) is 1. The number of benzene rings is 1. The molecule has 0 radical (unpaired) electrons. The number of nitrogens with one attached hydrogen (secondary N) is 1. The zero-order valence-corrected chi connectivity index (χ0v) is 11.5. The summed E-state index contributed by atoms with van der Waals surface area (Å²) in [4.78, 5) is 25.9. The second-order valence-corrected chi connectivity index (χ2v) is 5.46. The van der Waals surface area contributed by atoms with Crippen LogP contribution in [0.3, 0.4) is 0 Å². The molecule has 104 valence electrons. The molecule has 4 heteroatoms. The highest BCUT2D eigenvalue weighted by Crippen LogP contribution is 2.34. The normalized spacial score (nSPS) is 24.9. The first-order chi connectivity index (χ1) is 9.66. The number of allylic oxidation sites excluding steroid dienone is 2. The Labute approximate surface area is 118 Å². The van der Waals surface area contributed by atoms with E-state index in [0.717, 1.165) is 5.69 Å². The van der Waals surface area contributed by atoms with E-state index < -0.39 is 0 Å². The number of anilines is 1. The average molecular weight is 270 g/mol. The summed E-state index contributed by atoms with van der Waals surface area (Å²) in [5.41, 5.74) is 2.10. The molecule has 0 bridgehead atoms. The smallest absolute Gasteiger partial charge is 0.234 e. The molecule has 1 aliphatic heterocycles. The van der Waals surface area contributed by atoms with Gasteiger partial charge in [-0.25, -0.2) is 0 Å². The maximum Gasteiger partial charge on any atom is 0.234 e. The lowest BCUT2D eigenvalue weighted by molar-refractivity contribution is -0.139. The molecular weight excluding hydrogens is 252 g/mol. The SMILES string of the molecule is Cc1ccc(NCN2C(=O)[C@@H]3CC=CC[C@H]3C2=O)cc1. The van der Waals surface area contributed by atoms with Crippen LogP contribution in [-0.4, -0.2) is 23.4 Å². The summed E-state index contributed by atoms with van der Waals surface area (Å²) in [7, 11) is 0. The molecule has 1 heterocycles. The molecule has 1 aliphatic carbocycles.